The Labute approximate surface area is 213 Å². The molecule has 0 spiro atoms. The van der Waals surface area contributed by atoms with E-state index in [9.17, 15) is 14.4 Å². The number of carbonyl (C=O) groups is 3. The van der Waals surface area contributed by atoms with Crippen molar-refractivity contribution < 1.29 is 23.9 Å². The van der Waals surface area contributed by atoms with Crippen molar-refractivity contribution in [3.05, 3.63) is 81.2 Å². The van der Waals surface area contributed by atoms with E-state index in [1.165, 1.54) is 23.1 Å². The van der Waals surface area contributed by atoms with Gasteiger partial charge in [0.2, 0.25) is 0 Å². The Balaban J connectivity index is 1.30. The number of rotatable bonds is 8. The molecular formula is C27H27N3O5S. The number of thiophene rings is 1. The summed E-state index contributed by atoms with van der Waals surface area (Å²) in [6.07, 6.45) is 3.98. The lowest BCUT2D eigenvalue weighted by molar-refractivity contribution is -0.136. The van der Waals surface area contributed by atoms with Crippen LogP contribution in [0.15, 0.2) is 53.6 Å². The molecule has 0 saturated carbocycles. The average Bonchev–Trinajstić information content (AvgIpc) is 3.45. The first kappa shape index (κ1) is 25.1. The Bertz CT molecular complexity index is 1280. The number of amides is 2. The number of nitrogens with zero attached hydrogens (tertiary/aromatic N) is 1. The molecule has 186 valence electrons. The second kappa shape index (κ2) is 11.6. The zero-order valence-electron chi connectivity index (χ0n) is 20.1. The summed E-state index contributed by atoms with van der Waals surface area (Å²) in [5.74, 6) is -1.63. The van der Waals surface area contributed by atoms with Gasteiger partial charge in [0.05, 0.1) is 18.4 Å². The summed E-state index contributed by atoms with van der Waals surface area (Å²) in [4.78, 5) is 38.1. The molecular weight excluding hydrogens is 478 g/mol. The molecule has 2 N–H and O–H groups in total. The van der Waals surface area contributed by atoms with Gasteiger partial charge in [-0.25, -0.2) is 10.2 Å². The van der Waals surface area contributed by atoms with Gasteiger partial charge in [-0.3, -0.25) is 9.59 Å². The highest BCUT2D eigenvalue weighted by Crippen LogP contribution is 2.39. The summed E-state index contributed by atoms with van der Waals surface area (Å²) in [7, 11) is 0. The molecule has 4 rings (SSSR count). The minimum absolute atomic E-state index is 0.228. The van der Waals surface area contributed by atoms with Crippen LogP contribution in [0.4, 0.5) is 5.00 Å². The third kappa shape index (κ3) is 6.17. The van der Waals surface area contributed by atoms with E-state index in [0.29, 0.717) is 22.9 Å². The minimum Gasteiger partial charge on any atom is -0.489 e. The molecule has 1 aliphatic rings. The van der Waals surface area contributed by atoms with Gasteiger partial charge in [0.15, 0.2) is 0 Å². The fourth-order valence-electron chi connectivity index (χ4n) is 3.79. The summed E-state index contributed by atoms with van der Waals surface area (Å²) in [5.41, 5.74) is 6.46. The molecule has 3 aromatic rings. The molecule has 1 aliphatic carbocycles. The predicted octanol–water partition coefficient (Wildman–Crippen LogP) is 4.39. The zero-order valence-corrected chi connectivity index (χ0v) is 20.9. The highest BCUT2D eigenvalue weighted by atomic mass is 32.1. The van der Waals surface area contributed by atoms with Gasteiger partial charge in [-0.05, 0) is 74.1 Å². The molecule has 36 heavy (non-hydrogen) atoms. The van der Waals surface area contributed by atoms with Crippen molar-refractivity contribution >= 4 is 40.3 Å². The second-order valence-electron chi connectivity index (χ2n) is 8.28. The number of anilines is 1. The molecule has 0 aliphatic heterocycles. The first-order valence-electron chi connectivity index (χ1n) is 11.7. The summed E-state index contributed by atoms with van der Waals surface area (Å²) in [6.45, 7) is 4.45. The third-order valence-electron chi connectivity index (χ3n) is 5.62. The number of aryl methyl sites for hydroxylation is 2. The number of ether oxygens (including phenoxy) is 2. The fourth-order valence-corrected chi connectivity index (χ4v) is 5.06. The van der Waals surface area contributed by atoms with E-state index in [4.69, 9.17) is 9.47 Å². The molecule has 0 fully saturated rings. The number of hydrazone groups is 1. The highest BCUT2D eigenvalue weighted by Gasteiger charge is 2.29. The molecule has 0 saturated heterocycles. The van der Waals surface area contributed by atoms with Crippen LogP contribution in [-0.2, 0) is 33.8 Å². The largest absolute Gasteiger partial charge is 0.489 e. The van der Waals surface area contributed by atoms with Crippen LogP contribution in [0.2, 0.25) is 0 Å². The summed E-state index contributed by atoms with van der Waals surface area (Å²) in [5, 5.41) is 6.74. The quantitative estimate of drug-likeness (QED) is 0.204. The molecule has 9 heteroatoms. The van der Waals surface area contributed by atoms with Gasteiger partial charge in [-0.15, -0.1) is 11.3 Å². The van der Waals surface area contributed by atoms with Gasteiger partial charge in [0.25, 0.3) is 0 Å². The lowest BCUT2D eigenvalue weighted by Gasteiger charge is -2.07. The lowest BCUT2D eigenvalue weighted by Crippen LogP contribution is -2.32. The van der Waals surface area contributed by atoms with E-state index in [0.717, 1.165) is 40.8 Å². The van der Waals surface area contributed by atoms with Gasteiger partial charge in [0.1, 0.15) is 17.4 Å². The van der Waals surface area contributed by atoms with Crippen LogP contribution in [0, 0.1) is 6.92 Å². The maximum absolute atomic E-state index is 12.4. The van der Waals surface area contributed by atoms with Crippen molar-refractivity contribution in [3.8, 4) is 5.75 Å². The number of fused-ring (bicyclic) bond motifs is 1. The second-order valence-corrected chi connectivity index (χ2v) is 9.38. The first-order chi connectivity index (χ1) is 17.4. The van der Waals surface area contributed by atoms with Crippen molar-refractivity contribution in [3.63, 3.8) is 0 Å². The Kier molecular flexibility index (Phi) is 8.12. The fraction of sp³-hybridized carbons (Fsp3) is 0.259. The van der Waals surface area contributed by atoms with Gasteiger partial charge >= 0.3 is 17.8 Å². The SMILES string of the molecule is CCOC(=O)c1c(NC(=O)C(=O)N/N=C/c2ccc(OCc3ccc(C)cc3)cc2)sc2c1CCC2. The van der Waals surface area contributed by atoms with Gasteiger partial charge in [-0.1, -0.05) is 29.8 Å². The molecule has 0 unspecified atom stereocenters. The normalized spacial score (nSPS) is 12.3. The average molecular weight is 506 g/mol. The molecule has 2 aromatic carbocycles. The molecule has 0 radical (unpaired) electrons. The monoisotopic (exact) mass is 505 g/mol. The number of nitrogens with one attached hydrogen (secondary N) is 2. The summed E-state index contributed by atoms with van der Waals surface area (Å²) >= 11 is 1.31. The lowest BCUT2D eigenvalue weighted by atomic mass is 10.1. The van der Waals surface area contributed by atoms with Crippen LogP contribution in [0.3, 0.4) is 0 Å². The molecule has 0 bridgehead atoms. The smallest absolute Gasteiger partial charge is 0.341 e. The van der Waals surface area contributed by atoms with Gasteiger partial charge in [0, 0.05) is 4.88 Å². The van der Waals surface area contributed by atoms with Crippen molar-refractivity contribution in [2.45, 2.75) is 39.7 Å². The molecule has 1 heterocycles. The highest BCUT2D eigenvalue weighted by molar-refractivity contribution is 7.17. The standard InChI is InChI=1S/C27H27N3O5S/c1-3-34-27(33)23-21-5-4-6-22(21)36-26(23)29-24(31)25(32)30-28-15-18-11-13-20(14-12-18)35-16-19-9-7-17(2)8-10-19/h7-15H,3-6,16H2,1-2H3,(H,29,31)(H,30,32)/b28-15+. The van der Waals surface area contributed by atoms with Crippen LogP contribution in [-0.4, -0.2) is 30.6 Å². The zero-order chi connectivity index (χ0) is 25.5. The van der Waals surface area contributed by atoms with Crippen LogP contribution in [0.5, 0.6) is 5.75 Å². The van der Waals surface area contributed by atoms with Gasteiger partial charge < -0.3 is 14.8 Å². The summed E-state index contributed by atoms with van der Waals surface area (Å²) in [6, 6.07) is 15.3. The number of benzene rings is 2. The maximum atomic E-state index is 12.4. The summed E-state index contributed by atoms with van der Waals surface area (Å²) < 4.78 is 10.9. The van der Waals surface area contributed by atoms with E-state index in [1.807, 2.05) is 31.2 Å². The van der Waals surface area contributed by atoms with Crippen molar-refractivity contribution in [1.82, 2.24) is 5.43 Å². The van der Waals surface area contributed by atoms with Gasteiger partial charge in [-0.2, -0.15) is 5.10 Å². The number of hydrogen-bond acceptors (Lipinski definition) is 7. The van der Waals surface area contributed by atoms with Crippen LogP contribution in [0.25, 0.3) is 0 Å². The Morgan fingerprint density at radius 3 is 2.50 bits per heavy atom. The Hall–Kier alpha value is -3.98. The Morgan fingerprint density at radius 2 is 1.78 bits per heavy atom. The van der Waals surface area contributed by atoms with Crippen molar-refractivity contribution in [2.24, 2.45) is 5.10 Å². The van der Waals surface area contributed by atoms with E-state index in [1.54, 1.807) is 31.2 Å². The predicted molar refractivity (Wildman–Crippen MR) is 139 cm³/mol. The van der Waals surface area contributed by atoms with Crippen LogP contribution >= 0.6 is 11.3 Å². The van der Waals surface area contributed by atoms with E-state index >= 15 is 0 Å². The molecule has 8 nitrogen and oxygen atoms in total. The third-order valence-corrected chi connectivity index (χ3v) is 6.83. The number of esters is 1. The topological polar surface area (TPSA) is 106 Å². The Morgan fingerprint density at radius 1 is 1.03 bits per heavy atom. The molecule has 1 aromatic heterocycles. The number of hydrogen-bond donors (Lipinski definition) is 2. The number of carbonyl (C=O) groups excluding carboxylic acids is 3. The van der Waals surface area contributed by atoms with Crippen molar-refractivity contribution in [2.75, 3.05) is 11.9 Å². The van der Waals surface area contributed by atoms with E-state index in [2.05, 4.69) is 15.8 Å². The molecule has 2 amide bonds. The first-order valence-corrected chi connectivity index (χ1v) is 12.5. The maximum Gasteiger partial charge on any atom is 0.341 e. The van der Waals surface area contributed by atoms with E-state index in [-0.39, 0.29) is 6.61 Å². The minimum atomic E-state index is -0.937. The van der Waals surface area contributed by atoms with Crippen LogP contribution < -0.4 is 15.5 Å². The van der Waals surface area contributed by atoms with Crippen molar-refractivity contribution in [1.29, 1.82) is 0 Å². The van der Waals surface area contributed by atoms with Crippen LogP contribution in [0.1, 0.15) is 50.8 Å². The van der Waals surface area contributed by atoms with E-state index < -0.39 is 17.8 Å². The molecule has 0 atom stereocenters.